The van der Waals surface area contributed by atoms with Crippen molar-refractivity contribution in [1.29, 1.82) is 0 Å². The van der Waals surface area contributed by atoms with Crippen LogP contribution in [-0.2, 0) is 11.1 Å². The molecule has 61 heavy (non-hydrogen) atoms. The number of anilines is 3. The number of benzene rings is 5. The number of fused-ring (bicyclic) bond motifs is 12. The van der Waals surface area contributed by atoms with Gasteiger partial charge in [0.1, 0.15) is 22.3 Å². The fraction of sp³-hybridized carbons (Fsp3) is 0.286. The van der Waals surface area contributed by atoms with Crippen molar-refractivity contribution < 1.29 is 9.13 Å². The molecule has 9 aromatic rings. The summed E-state index contributed by atoms with van der Waals surface area (Å²) in [6.45, 7) is 4.94. The predicted octanol–water partition coefficient (Wildman–Crippen LogP) is 12.9. The van der Waals surface area contributed by atoms with E-state index in [-0.39, 0.29) is 5.41 Å². The van der Waals surface area contributed by atoms with E-state index in [9.17, 15) is 0 Å². The molecule has 16 rings (SSSR count). The van der Waals surface area contributed by atoms with E-state index in [1.165, 1.54) is 181 Å². The van der Waals surface area contributed by atoms with Gasteiger partial charge in [0, 0.05) is 50.2 Å². The molecule has 0 N–H and O–H groups in total. The molecule has 0 bridgehead atoms. The number of hydrogen-bond donors (Lipinski definition) is 0. The Balaban J connectivity index is 1.20. The molecule has 7 aliphatic rings. The van der Waals surface area contributed by atoms with Crippen LogP contribution in [0.3, 0.4) is 0 Å². The Morgan fingerprint density at radius 3 is 1.75 bits per heavy atom. The molecule has 5 heteroatoms. The number of para-hydroxylation sites is 3. The second-order valence-electron chi connectivity index (χ2n) is 20.2. The topological polar surface area (TPSA) is 20.9 Å². The molecular weight excluding hydrogens is 743 g/mol. The lowest BCUT2D eigenvalue weighted by atomic mass is 9.69. The van der Waals surface area contributed by atoms with Gasteiger partial charge in [-0.1, -0.05) is 107 Å². The van der Waals surface area contributed by atoms with Crippen molar-refractivity contribution in [3.8, 4) is 22.9 Å². The third kappa shape index (κ3) is 3.48. The van der Waals surface area contributed by atoms with E-state index in [0.29, 0.717) is 11.8 Å². The summed E-state index contributed by atoms with van der Waals surface area (Å²) in [6, 6.07) is 46.1. The number of nitrogens with zero attached hydrogens (tertiary/aromatic N) is 5. The fourth-order valence-electron chi connectivity index (χ4n) is 14.5. The molecule has 9 heterocycles. The summed E-state index contributed by atoms with van der Waals surface area (Å²) in [7, 11) is 0. The molecule has 1 unspecified atom stereocenters. The Labute approximate surface area is 355 Å². The number of aromatic nitrogens is 4. The highest BCUT2D eigenvalue weighted by Crippen LogP contribution is 2.64. The average molecular weight is 790 g/mol. The second kappa shape index (κ2) is 10.6. The summed E-state index contributed by atoms with van der Waals surface area (Å²) in [6.07, 6.45) is 13.1. The van der Waals surface area contributed by atoms with Gasteiger partial charge in [-0.05, 0) is 97.2 Å². The lowest BCUT2D eigenvalue weighted by Gasteiger charge is -2.46. The van der Waals surface area contributed by atoms with Crippen LogP contribution >= 0.6 is 0 Å². The first-order valence-corrected chi connectivity index (χ1v) is 23.3. The van der Waals surface area contributed by atoms with Crippen molar-refractivity contribution in [2.24, 2.45) is 0 Å². The first kappa shape index (κ1) is 32.6. The molecule has 0 saturated heterocycles. The molecule has 0 amide bonds. The van der Waals surface area contributed by atoms with Crippen LogP contribution in [0.4, 0.5) is 17.2 Å². The van der Waals surface area contributed by atoms with Crippen LogP contribution in [0.2, 0.25) is 0 Å². The first-order chi connectivity index (χ1) is 30.0. The molecule has 294 valence electrons. The Hall–Kier alpha value is -6.20. The molecule has 5 aromatic carbocycles. The Morgan fingerprint density at radius 2 is 1.07 bits per heavy atom. The summed E-state index contributed by atoms with van der Waals surface area (Å²) in [5.74, 6) is 3.78. The minimum Gasteiger partial charge on any atom is -0.308 e. The lowest BCUT2D eigenvalue weighted by molar-refractivity contribution is -0.931. The van der Waals surface area contributed by atoms with E-state index in [2.05, 4.69) is 152 Å². The molecule has 5 nitrogen and oxygen atoms in total. The highest BCUT2D eigenvalue weighted by atomic mass is 15.5. The summed E-state index contributed by atoms with van der Waals surface area (Å²) >= 11 is 0. The third-order valence-electron chi connectivity index (χ3n) is 17.1. The fourth-order valence-corrected chi connectivity index (χ4v) is 14.5. The van der Waals surface area contributed by atoms with Crippen LogP contribution < -0.4 is 14.0 Å². The van der Waals surface area contributed by atoms with Crippen molar-refractivity contribution in [3.63, 3.8) is 0 Å². The zero-order chi connectivity index (χ0) is 39.7. The van der Waals surface area contributed by atoms with Gasteiger partial charge < -0.3 is 4.57 Å². The van der Waals surface area contributed by atoms with Gasteiger partial charge in [0.25, 0.3) is 11.6 Å². The van der Waals surface area contributed by atoms with Crippen LogP contribution in [0.25, 0.3) is 66.5 Å². The van der Waals surface area contributed by atoms with Gasteiger partial charge in [0.05, 0.1) is 16.7 Å². The number of hydrogen-bond acceptors (Lipinski definition) is 1. The normalized spacial score (nSPS) is 21.0. The van der Waals surface area contributed by atoms with Gasteiger partial charge in [-0.3, -0.25) is 0 Å². The maximum Gasteiger partial charge on any atom is 0.319 e. The first-order valence-electron chi connectivity index (χ1n) is 23.3. The van der Waals surface area contributed by atoms with E-state index in [1.54, 1.807) is 0 Å². The van der Waals surface area contributed by atoms with E-state index in [4.69, 9.17) is 0 Å². The van der Waals surface area contributed by atoms with Crippen LogP contribution in [0.5, 0.6) is 0 Å². The minimum absolute atomic E-state index is 0.205. The van der Waals surface area contributed by atoms with Crippen LogP contribution in [0.1, 0.15) is 123 Å². The van der Waals surface area contributed by atoms with E-state index in [0.717, 1.165) is 0 Å². The molecule has 1 atom stereocenters. The van der Waals surface area contributed by atoms with E-state index >= 15 is 0 Å². The summed E-state index contributed by atoms with van der Waals surface area (Å²) in [5, 5.41) is 5.38. The van der Waals surface area contributed by atoms with Gasteiger partial charge in [-0.25, -0.2) is 0 Å². The summed E-state index contributed by atoms with van der Waals surface area (Å²) < 4.78 is 11.1. The molecule has 2 saturated carbocycles. The summed E-state index contributed by atoms with van der Waals surface area (Å²) in [4.78, 5) is 2.74. The van der Waals surface area contributed by atoms with Gasteiger partial charge >= 0.3 is 5.66 Å². The minimum atomic E-state index is -0.641. The monoisotopic (exact) mass is 789 g/mol. The summed E-state index contributed by atoms with van der Waals surface area (Å²) in [5.41, 5.74) is 20.0. The molecule has 4 aromatic heterocycles. The van der Waals surface area contributed by atoms with Crippen molar-refractivity contribution in [3.05, 3.63) is 149 Å². The number of pyridine rings is 2. The number of rotatable bonds is 2. The van der Waals surface area contributed by atoms with Crippen molar-refractivity contribution in [2.45, 2.75) is 101 Å². The predicted molar refractivity (Wildman–Crippen MR) is 245 cm³/mol. The average Bonchev–Trinajstić information content (AvgIpc) is 3.93. The van der Waals surface area contributed by atoms with E-state index in [1.807, 2.05) is 0 Å². The Bertz CT molecular complexity index is 3550. The van der Waals surface area contributed by atoms with Gasteiger partial charge in [0.2, 0.25) is 0 Å². The lowest BCUT2D eigenvalue weighted by Crippen LogP contribution is -2.76. The van der Waals surface area contributed by atoms with Crippen molar-refractivity contribution in [2.75, 3.05) is 4.90 Å². The van der Waals surface area contributed by atoms with Gasteiger partial charge in [0.15, 0.2) is 22.6 Å². The maximum atomic E-state index is 2.88. The highest BCUT2D eigenvalue weighted by Gasteiger charge is 2.71. The SMILES string of the molecule is CC1(C)c2ccccc2N2c3c1ccc1c3C34c5c6c(cc7c8ccccc8n(c57)-c5cc(C7CCCCC7)cc([n+]53)-c3cc(C5CCCCC5)cc2[n+]34)c2ccccc2n6-1. The standard InChI is InChI=1S/C56H47N5/c1-55(2)40-21-11-14-24-44(40)59-49-30-35(33-17-7-4-8-18-33)28-47-46-27-34(32-15-5-3-6-16-32)29-48-58-43-23-13-10-20-37(43)39-31-38-36-19-9-12-22-42(36)57-45-26-25-41(55)54(59)50(45)56(60(46)48,61(47)49)51(52(38)57)53(39)58/h9-14,19-33H,3-8,15-18H2,1-2H3/q+2. The van der Waals surface area contributed by atoms with Crippen molar-refractivity contribution >= 4 is 60.8 Å². The zero-order valence-corrected chi connectivity index (χ0v) is 34.9. The molecule has 1 spiro atoms. The molecule has 2 aliphatic carbocycles. The van der Waals surface area contributed by atoms with E-state index < -0.39 is 5.66 Å². The van der Waals surface area contributed by atoms with Crippen LogP contribution in [-0.4, -0.2) is 9.13 Å². The smallest absolute Gasteiger partial charge is 0.308 e. The molecule has 5 aliphatic heterocycles. The largest absolute Gasteiger partial charge is 0.319 e. The second-order valence-corrected chi connectivity index (χ2v) is 20.2. The Morgan fingerprint density at radius 1 is 0.492 bits per heavy atom. The zero-order valence-electron chi connectivity index (χ0n) is 34.9. The quantitative estimate of drug-likeness (QED) is 0.160. The molecule has 2 fully saturated rings. The maximum absolute atomic E-state index is 2.88. The highest BCUT2D eigenvalue weighted by molar-refractivity contribution is 6.22. The Kier molecular flexibility index (Phi) is 5.67. The third-order valence-corrected chi connectivity index (χ3v) is 17.1. The molecule has 0 radical (unpaired) electrons. The molecular formula is C56H47N5+2. The van der Waals surface area contributed by atoms with Gasteiger partial charge in [-0.2, -0.15) is 18.6 Å². The van der Waals surface area contributed by atoms with Crippen molar-refractivity contribution in [1.82, 2.24) is 9.13 Å². The van der Waals surface area contributed by atoms with Gasteiger partial charge in [-0.15, -0.1) is 0 Å². The van der Waals surface area contributed by atoms with Crippen LogP contribution in [0.15, 0.2) is 115 Å². The van der Waals surface area contributed by atoms with Crippen LogP contribution in [0, 0.1) is 0 Å².